The fourth-order valence-electron chi connectivity index (χ4n) is 8.20. The normalized spacial score (nSPS) is 15.3. The number of anilines is 1. The van der Waals surface area contributed by atoms with Gasteiger partial charge in [-0.2, -0.15) is 0 Å². The van der Waals surface area contributed by atoms with Crippen LogP contribution >= 0.6 is 0 Å². The first-order valence-corrected chi connectivity index (χ1v) is 19.2. The number of pyridine rings is 1. The minimum atomic E-state index is -0.563. The van der Waals surface area contributed by atoms with Crippen molar-refractivity contribution < 1.29 is 23.0 Å². The van der Waals surface area contributed by atoms with Crippen LogP contribution in [0, 0.1) is 6.33 Å². The molecule has 11 rings (SSSR count). The number of nitrogens with zero attached hydrogens (tertiary/aromatic N) is 5. The molecule has 4 heterocycles. The summed E-state index contributed by atoms with van der Waals surface area (Å²) in [6.07, 6.45) is 7.54. The van der Waals surface area contributed by atoms with Gasteiger partial charge >= 0.3 is 0 Å². The Morgan fingerprint density at radius 1 is 0.603 bits per heavy atom. The summed E-state index contributed by atoms with van der Waals surface area (Å²) in [5, 5.41) is 2.16. The van der Waals surface area contributed by atoms with Crippen molar-refractivity contribution in [1.29, 1.82) is 0 Å². The predicted molar refractivity (Wildman–Crippen MR) is 235 cm³/mol. The van der Waals surface area contributed by atoms with E-state index in [2.05, 4.69) is 40.1 Å². The highest BCUT2D eigenvalue weighted by molar-refractivity contribution is 6.10. The molecule has 1 aliphatic heterocycles. The van der Waals surface area contributed by atoms with Crippen LogP contribution in [0.4, 0.5) is 5.69 Å². The van der Waals surface area contributed by atoms with E-state index in [1.165, 1.54) is 0 Å². The molecular weight excluding hydrogens is 711 g/mol. The lowest BCUT2D eigenvalue weighted by molar-refractivity contribution is -0.571. The maximum Gasteiger partial charge on any atom is 0.269 e. The molecule has 6 heteroatoms. The maximum absolute atomic E-state index is 9.00. The molecule has 0 amide bonds. The zero-order chi connectivity index (χ0) is 47.1. The van der Waals surface area contributed by atoms with Crippen LogP contribution in [0.15, 0.2) is 188 Å². The van der Waals surface area contributed by atoms with E-state index < -0.39 is 60.4 Å². The molecule has 3 aromatic heterocycles. The lowest BCUT2D eigenvalue weighted by atomic mass is 9.95. The summed E-state index contributed by atoms with van der Waals surface area (Å²) in [6.45, 7) is 1.94. The standard InChI is InChI=1S/C52H39N5O/c1-3-16-37(17-4-1)42-23-14-24-43(38-18-5-2-6-19-38)51(42)56-36-55(47-26-9-10-27-48(47)56)39-20-13-21-40(34-39)58-41-29-30-45-44-22-7-8-25-46(44)57(50(45)35-41)52-49(28-15-31-53-52)54-32-11-12-33-54/h1-10,13-31,34-35H,11-12,32-33H2/i1D,2D,3D,4D,5D,6D,16D,17D,18D,19D. The predicted octanol–water partition coefficient (Wildman–Crippen LogP) is 11.9. The second kappa shape index (κ2) is 14.3. The van der Waals surface area contributed by atoms with Crippen molar-refractivity contribution in [3.05, 3.63) is 194 Å². The fraction of sp³-hybridized carbons (Fsp3) is 0.0769. The van der Waals surface area contributed by atoms with E-state index in [1.807, 2.05) is 85.1 Å². The third-order valence-electron chi connectivity index (χ3n) is 10.7. The van der Waals surface area contributed by atoms with Gasteiger partial charge in [0.1, 0.15) is 11.5 Å². The van der Waals surface area contributed by atoms with Gasteiger partial charge in [-0.15, -0.1) is 0 Å². The third-order valence-corrected chi connectivity index (χ3v) is 10.7. The van der Waals surface area contributed by atoms with Gasteiger partial charge in [0.15, 0.2) is 5.82 Å². The number of fused-ring (bicyclic) bond motifs is 4. The van der Waals surface area contributed by atoms with Crippen molar-refractivity contribution in [2.24, 2.45) is 0 Å². The molecule has 0 atom stereocenters. The Hall–Kier alpha value is -7.44. The van der Waals surface area contributed by atoms with Gasteiger partial charge < -0.3 is 9.64 Å². The summed E-state index contributed by atoms with van der Waals surface area (Å²) in [5.74, 6) is 1.98. The molecule has 58 heavy (non-hydrogen) atoms. The van der Waals surface area contributed by atoms with Gasteiger partial charge in [-0.3, -0.25) is 13.7 Å². The first-order chi connectivity index (χ1) is 32.9. The Kier molecular flexibility index (Phi) is 6.13. The zero-order valence-corrected chi connectivity index (χ0v) is 31.1. The van der Waals surface area contributed by atoms with Crippen LogP contribution < -0.4 is 14.2 Å². The number of hydrogen-bond acceptors (Lipinski definition) is 3. The lowest BCUT2D eigenvalue weighted by Crippen LogP contribution is -2.31. The molecule has 0 aliphatic carbocycles. The average molecular weight is 760 g/mol. The Morgan fingerprint density at radius 2 is 1.28 bits per heavy atom. The summed E-state index contributed by atoms with van der Waals surface area (Å²) in [5.41, 5.74) is 5.19. The summed E-state index contributed by atoms with van der Waals surface area (Å²) in [4.78, 5) is 7.34. The molecule has 0 unspecified atom stereocenters. The Bertz CT molecular complexity index is 3570. The monoisotopic (exact) mass is 759 g/mol. The molecule has 0 N–H and O–H groups in total. The van der Waals surface area contributed by atoms with Crippen molar-refractivity contribution >= 4 is 38.5 Å². The van der Waals surface area contributed by atoms with E-state index in [1.54, 1.807) is 27.3 Å². The highest BCUT2D eigenvalue weighted by Gasteiger charge is 2.22. The minimum absolute atomic E-state index is 0.125. The highest BCUT2D eigenvalue weighted by Crippen LogP contribution is 2.39. The number of aromatic nitrogens is 4. The number of para-hydroxylation sites is 4. The van der Waals surface area contributed by atoms with E-state index in [9.17, 15) is 0 Å². The lowest BCUT2D eigenvalue weighted by Gasteiger charge is -2.21. The molecule has 278 valence electrons. The van der Waals surface area contributed by atoms with Crippen molar-refractivity contribution in [1.82, 2.24) is 14.1 Å². The molecule has 7 aromatic carbocycles. The van der Waals surface area contributed by atoms with Gasteiger partial charge in [-0.1, -0.05) is 127 Å². The number of imidazole rings is 1. The number of ether oxygens (including phenoxy) is 1. The Balaban J connectivity index is 1.08. The third kappa shape index (κ3) is 5.80. The first kappa shape index (κ1) is 24.9. The Morgan fingerprint density at radius 3 is 2.05 bits per heavy atom. The van der Waals surface area contributed by atoms with Crippen molar-refractivity contribution in [3.63, 3.8) is 0 Å². The smallest absolute Gasteiger partial charge is 0.269 e. The zero-order valence-electron chi connectivity index (χ0n) is 41.1. The molecule has 10 aromatic rings. The van der Waals surface area contributed by atoms with Crippen LogP contribution in [0.5, 0.6) is 11.5 Å². The minimum Gasteiger partial charge on any atom is -0.458 e. The number of benzene rings is 7. The summed E-state index contributed by atoms with van der Waals surface area (Å²) >= 11 is 0. The van der Waals surface area contributed by atoms with Crippen LogP contribution in [-0.4, -0.2) is 27.2 Å². The second-order valence-electron chi connectivity index (χ2n) is 14.1. The van der Waals surface area contributed by atoms with Crippen molar-refractivity contribution in [3.8, 4) is 50.9 Å². The van der Waals surface area contributed by atoms with Gasteiger partial charge in [0, 0.05) is 36.1 Å². The first-order valence-electron chi connectivity index (χ1n) is 24.2. The Labute approximate surface area is 351 Å². The quantitative estimate of drug-likeness (QED) is 0.114. The largest absolute Gasteiger partial charge is 0.458 e. The van der Waals surface area contributed by atoms with Gasteiger partial charge in [0.05, 0.1) is 52.8 Å². The van der Waals surface area contributed by atoms with Gasteiger partial charge in [0.2, 0.25) is 0 Å². The van der Waals surface area contributed by atoms with Gasteiger partial charge in [-0.05, 0) is 83.6 Å². The van der Waals surface area contributed by atoms with Gasteiger partial charge in [-0.25, -0.2) is 4.98 Å². The van der Waals surface area contributed by atoms with E-state index in [0.29, 0.717) is 28.2 Å². The van der Waals surface area contributed by atoms with E-state index in [0.717, 1.165) is 59.2 Å². The average Bonchev–Trinajstić information content (AvgIpc) is 4.12. The molecular formula is C52H39N5O. The molecule has 0 spiro atoms. The number of hydrogen-bond donors (Lipinski definition) is 0. The topological polar surface area (TPSA) is 39.1 Å². The SMILES string of the molecule is [2H]c1c([2H])c([2H])c(-c2cccc(-c3c([2H])c([2H])c([2H])c([2H])c3[2H])c2-[n+]2[c-]n(-c3cccc(Oc4ccc5c6ccccc6n(-c6ncccc6N6CCCC6)c5c4)c3)c3ccccc32)c([2H])c1[2H]. The van der Waals surface area contributed by atoms with E-state index >= 15 is 0 Å². The number of rotatable bonds is 8. The van der Waals surface area contributed by atoms with E-state index in [4.69, 9.17) is 23.4 Å². The van der Waals surface area contributed by atoms with Crippen molar-refractivity contribution in [2.75, 3.05) is 18.0 Å². The van der Waals surface area contributed by atoms with Gasteiger partial charge in [0.25, 0.3) is 6.33 Å². The van der Waals surface area contributed by atoms with Crippen LogP contribution in [-0.2, 0) is 0 Å². The molecule has 0 radical (unpaired) electrons. The fourth-order valence-corrected chi connectivity index (χ4v) is 8.20. The molecule has 0 bridgehead atoms. The van der Waals surface area contributed by atoms with Crippen LogP contribution in [0.1, 0.15) is 26.5 Å². The molecule has 1 saturated heterocycles. The summed E-state index contributed by atoms with van der Waals surface area (Å²) < 4.78 is 99.2. The molecule has 6 nitrogen and oxygen atoms in total. The summed E-state index contributed by atoms with van der Waals surface area (Å²) in [6, 6.07) is 33.0. The second-order valence-corrected chi connectivity index (χ2v) is 14.1. The van der Waals surface area contributed by atoms with Crippen LogP contribution in [0.25, 0.3) is 72.3 Å². The maximum atomic E-state index is 9.00. The molecule has 1 fully saturated rings. The van der Waals surface area contributed by atoms with Crippen LogP contribution in [0.3, 0.4) is 0 Å². The van der Waals surface area contributed by atoms with Crippen LogP contribution in [0.2, 0.25) is 0 Å². The summed E-state index contributed by atoms with van der Waals surface area (Å²) in [7, 11) is 0. The molecule has 1 aliphatic rings. The highest BCUT2D eigenvalue weighted by atomic mass is 16.5. The van der Waals surface area contributed by atoms with Crippen molar-refractivity contribution in [2.45, 2.75) is 12.8 Å². The van der Waals surface area contributed by atoms with E-state index in [-0.39, 0.29) is 27.9 Å². The molecule has 0 saturated carbocycles.